The Kier molecular flexibility index (Phi) is 3.79. The molecule has 1 saturated carbocycles. The predicted molar refractivity (Wildman–Crippen MR) is 67.2 cm³/mol. The molecule has 1 aromatic rings. The van der Waals surface area contributed by atoms with Crippen molar-refractivity contribution >= 4 is 17.2 Å². The molecule has 1 heterocycles. The number of nitrogens with zero attached hydrogens (tertiary/aromatic N) is 1. The van der Waals surface area contributed by atoms with Crippen molar-refractivity contribution in [3.8, 4) is 0 Å². The van der Waals surface area contributed by atoms with Gasteiger partial charge in [-0.3, -0.25) is 4.79 Å². The van der Waals surface area contributed by atoms with Crippen molar-refractivity contribution in [3.05, 3.63) is 16.1 Å². The first kappa shape index (κ1) is 12.5. The molecule has 1 fully saturated rings. The van der Waals surface area contributed by atoms with Crippen molar-refractivity contribution in [2.24, 2.45) is 0 Å². The van der Waals surface area contributed by atoms with E-state index in [0.717, 1.165) is 31.4 Å². The zero-order valence-corrected chi connectivity index (χ0v) is 10.8. The number of rotatable bonds is 3. The molecule has 0 atom stereocenters. The van der Waals surface area contributed by atoms with Crippen molar-refractivity contribution in [2.45, 2.75) is 44.6 Å². The van der Waals surface area contributed by atoms with E-state index in [9.17, 15) is 9.90 Å². The minimum atomic E-state index is -0.411. The Hall–Kier alpha value is -0.940. The maximum Gasteiger partial charge on any atom is 0.263 e. The lowest BCUT2D eigenvalue weighted by molar-refractivity contribution is 0.0761. The molecule has 0 spiro atoms. The molecule has 94 valence electrons. The SMILES string of the molecule is Cc1ncsc1C(=O)NC1(CO)CCCCC1. The Balaban J connectivity index is 2.08. The summed E-state index contributed by atoms with van der Waals surface area (Å²) in [5, 5.41) is 12.5. The van der Waals surface area contributed by atoms with Gasteiger partial charge in [0.05, 0.1) is 23.4 Å². The van der Waals surface area contributed by atoms with Crippen LogP contribution in [0.1, 0.15) is 47.5 Å². The van der Waals surface area contributed by atoms with Crippen molar-refractivity contribution in [1.82, 2.24) is 10.3 Å². The molecule has 2 N–H and O–H groups in total. The summed E-state index contributed by atoms with van der Waals surface area (Å²) in [6, 6.07) is 0. The molecule has 0 unspecified atom stereocenters. The zero-order chi connectivity index (χ0) is 12.3. The molecule has 0 bridgehead atoms. The number of nitrogens with one attached hydrogen (secondary N) is 1. The largest absolute Gasteiger partial charge is 0.394 e. The first-order chi connectivity index (χ1) is 8.17. The fourth-order valence-electron chi connectivity index (χ4n) is 2.37. The maximum absolute atomic E-state index is 12.1. The van der Waals surface area contributed by atoms with Crippen molar-refractivity contribution in [2.75, 3.05) is 6.61 Å². The summed E-state index contributed by atoms with van der Waals surface area (Å²) in [6.07, 6.45) is 5.07. The third kappa shape index (κ3) is 2.66. The number of aliphatic hydroxyl groups is 1. The number of aliphatic hydroxyl groups excluding tert-OH is 1. The number of amides is 1. The second kappa shape index (κ2) is 5.14. The van der Waals surface area contributed by atoms with Gasteiger partial charge in [0.1, 0.15) is 4.88 Å². The van der Waals surface area contributed by atoms with Crippen LogP contribution < -0.4 is 5.32 Å². The van der Waals surface area contributed by atoms with Crippen molar-refractivity contribution in [3.63, 3.8) is 0 Å². The summed E-state index contributed by atoms with van der Waals surface area (Å²) in [5.74, 6) is -0.0963. The standard InChI is InChI=1S/C12H18N2O2S/c1-9-10(17-8-13-9)11(16)14-12(7-15)5-3-2-4-6-12/h8,15H,2-7H2,1H3,(H,14,16). The van der Waals surface area contributed by atoms with Crippen LogP contribution in [0.5, 0.6) is 0 Å². The minimum absolute atomic E-state index is 0.0244. The minimum Gasteiger partial charge on any atom is -0.394 e. The van der Waals surface area contributed by atoms with Gasteiger partial charge in [-0.05, 0) is 19.8 Å². The zero-order valence-electron chi connectivity index (χ0n) is 10.0. The molecule has 1 aliphatic carbocycles. The van der Waals surface area contributed by atoms with Crippen LogP contribution in [-0.2, 0) is 0 Å². The highest BCUT2D eigenvalue weighted by Crippen LogP contribution is 2.28. The second-order valence-electron chi connectivity index (χ2n) is 4.72. The summed E-state index contributed by atoms with van der Waals surface area (Å²) in [7, 11) is 0. The predicted octanol–water partition coefficient (Wildman–Crippen LogP) is 1.88. The molecule has 0 aliphatic heterocycles. The number of carbonyl (C=O) groups excluding carboxylic acids is 1. The number of carbonyl (C=O) groups is 1. The first-order valence-corrected chi connectivity index (χ1v) is 6.88. The number of hydrogen-bond donors (Lipinski definition) is 2. The summed E-state index contributed by atoms with van der Waals surface area (Å²) in [4.78, 5) is 16.8. The quantitative estimate of drug-likeness (QED) is 0.865. The van der Waals surface area contributed by atoms with Gasteiger partial charge in [-0.15, -0.1) is 11.3 Å². The van der Waals surface area contributed by atoms with Gasteiger partial charge in [0.25, 0.3) is 5.91 Å². The van der Waals surface area contributed by atoms with Crippen LogP contribution in [0.4, 0.5) is 0 Å². The first-order valence-electron chi connectivity index (χ1n) is 6.00. The van der Waals surface area contributed by atoms with Gasteiger partial charge >= 0.3 is 0 Å². The van der Waals surface area contributed by atoms with Gasteiger partial charge in [0.15, 0.2) is 0 Å². The average molecular weight is 254 g/mol. The van der Waals surface area contributed by atoms with E-state index in [1.807, 2.05) is 6.92 Å². The number of aromatic nitrogens is 1. The molecule has 2 rings (SSSR count). The molecule has 0 saturated heterocycles. The third-order valence-corrected chi connectivity index (χ3v) is 4.37. The van der Waals surface area contributed by atoms with Crippen LogP contribution in [0.3, 0.4) is 0 Å². The molecule has 17 heavy (non-hydrogen) atoms. The lowest BCUT2D eigenvalue weighted by atomic mass is 9.82. The summed E-state index contributed by atoms with van der Waals surface area (Å²) in [6.45, 7) is 1.86. The highest BCUT2D eigenvalue weighted by Gasteiger charge is 2.33. The summed E-state index contributed by atoms with van der Waals surface area (Å²) >= 11 is 1.35. The van der Waals surface area contributed by atoms with E-state index in [4.69, 9.17) is 0 Å². The number of aryl methyl sites for hydroxylation is 1. The Labute approximate surface area is 105 Å². The fourth-order valence-corrected chi connectivity index (χ4v) is 3.07. The highest BCUT2D eigenvalue weighted by molar-refractivity contribution is 7.11. The Morgan fingerprint density at radius 2 is 2.24 bits per heavy atom. The normalized spacial score (nSPS) is 18.9. The summed E-state index contributed by atoms with van der Waals surface area (Å²) < 4.78 is 0. The molecule has 0 aromatic carbocycles. The fraction of sp³-hybridized carbons (Fsp3) is 0.667. The van der Waals surface area contributed by atoms with Gasteiger partial charge in [-0.2, -0.15) is 0 Å². The second-order valence-corrected chi connectivity index (χ2v) is 5.57. The summed E-state index contributed by atoms with van der Waals surface area (Å²) in [5.41, 5.74) is 2.03. The van der Waals surface area contributed by atoms with Gasteiger partial charge in [-0.1, -0.05) is 19.3 Å². The highest BCUT2D eigenvalue weighted by atomic mass is 32.1. The van der Waals surface area contributed by atoms with Gasteiger partial charge in [-0.25, -0.2) is 4.98 Å². The van der Waals surface area contributed by atoms with Crippen LogP contribution in [-0.4, -0.2) is 28.1 Å². The topological polar surface area (TPSA) is 62.2 Å². The Morgan fingerprint density at radius 1 is 1.53 bits per heavy atom. The molecular formula is C12H18N2O2S. The lowest BCUT2D eigenvalue weighted by Gasteiger charge is -2.36. The van der Waals surface area contributed by atoms with E-state index in [1.54, 1.807) is 5.51 Å². The maximum atomic E-state index is 12.1. The number of thiazole rings is 1. The van der Waals surface area contributed by atoms with E-state index < -0.39 is 5.54 Å². The van der Waals surface area contributed by atoms with E-state index in [0.29, 0.717) is 4.88 Å². The van der Waals surface area contributed by atoms with E-state index >= 15 is 0 Å². The number of hydrogen-bond acceptors (Lipinski definition) is 4. The van der Waals surface area contributed by atoms with E-state index in [1.165, 1.54) is 17.8 Å². The lowest BCUT2D eigenvalue weighted by Crippen LogP contribution is -2.52. The molecule has 1 aromatic heterocycles. The Morgan fingerprint density at radius 3 is 2.76 bits per heavy atom. The molecule has 1 amide bonds. The van der Waals surface area contributed by atoms with E-state index in [2.05, 4.69) is 10.3 Å². The van der Waals surface area contributed by atoms with Crippen LogP contribution in [0.2, 0.25) is 0 Å². The Bertz CT molecular complexity index is 397. The van der Waals surface area contributed by atoms with Crippen LogP contribution in [0.25, 0.3) is 0 Å². The average Bonchev–Trinajstić information content (AvgIpc) is 2.77. The van der Waals surface area contributed by atoms with Gasteiger partial charge in [0, 0.05) is 0 Å². The molecule has 4 nitrogen and oxygen atoms in total. The van der Waals surface area contributed by atoms with Gasteiger partial charge in [0.2, 0.25) is 0 Å². The van der Waals surface area contributed by atoms with Crippen LogP contribution in [0, 0.1) is 6.92 Å². The monoisotopic (exact) mass is 254 g/mol. The molecule has 5 heteroatoms. The molecular weight excluding hydrogens is 236 g/mol. The third-order valence-electron chi connectivity index (χ3n) is 3.44. The smallest absolute Gasteiger partial charge is 0.263 e. The van der Waals surface area contributed by atoms with Crippen LogP contribution >= 0.6 is 11.3 Å². The molecule has 0 radical (unpaired) electrons. The van der Waals surface area contributed by atoms with Crippen molar-refractivity contribution in [1.29, 1.82) is 0 Å². The van der Waals surface area contributed by atoms with Gasteiger partial charge < -0.3 is 10.4 Å². The van der Waals surface area contributed by atoms with Crippen molar-refractivity contribution < 1.29 is 9.90 Å². The van der Waals surface area contributed by atoms with Crippen LogP contribution in [0.15, 0.2) is 5.51 Å². The van der Waals surface area contributed by atoms with E-state index in [-0.39, 0.29) is 12.5 Å². The molecule has 1 aliphatic rings.